The van der Waals surface area contributed by atoms with Crippen molar-refractivity contribution in [3.63, 3.8) is 0 Å². The molecule has 9 aromatic carbocycles. The van der Waals surface area contributed by atoms with Crippen molar-refractivity contribution in [2.75, 3.05) is 0 Å². The van der Waals surface area contributed by atoms with Crippen LogP contribution < -0.4 is 0 Å². The minimum atomic E-state index is -0.0197. The van der Waals surface area contributed by atoms with Gasteiger partial charge < -0.3 is 4.57 Å². The third-order valence-corrected chi connectivity index (χ3v) is 12.3. The molecule has 0 N–H and O–H groups in total. The van der Waals surface area contributed by atoms with Crippen molar-refractivity contribution in [1.29, 1.82) is 0 Å². The minimum Gasteiger partial charge on any atom is -0.309 e. The number of rotatable bonds is 2. The third kappa shape index (κ3) is 3.62. The molecule has 242 valence electrons. The van der Waals surface area contributed by atoms with Gasteiger partial charge in [0, 0.05) is 21.9 Å². The molecule has 10 aromatic rings. The fraction of sp³-hybridized carbons (Fsp3) is 0.0588. The van der Waals surface area contributed by atoms with Crippen molar-refractivity contribution >= 4 is 54.1 Å². The van der Waals surface area contributed by atoms with Crippen LogP contribution in [0, 0.1) is 0 Å². The number of aromatic nitrogens is 1. The van der Waals surface area contributed by atoms with E-state index in [2.05, 4.69) is 182 Å². The Kier molecular flexibility index (Phi) is 5.37. The number of benzene rings is 9. The molecule has 0 saturated carbocycles. The second kappa shape index (κ2) is 9.87. The standard InChI is InChI=1S/C51H33N/c1-51(2)46-16-7-5-12-39(46)44-26-34-29-49-45(27-33(34)28-47(44)51)40-13-6-8-17-48(40)52(49)35-21-20-30-24-32(19-18-31(30)25-35)36-22-23-43-38-11-4-3-10-37(38)42-15-9-14-41(36)50(42)43/h3-29H,1-2H3. The first kappa shape index (κ1) is 28.3. The Bertz CT molecular complexity index is 3180. The zero-order valence-electron chi connectivity index (χ0n) is 29.0. The molecule has 1 heterocycles. The molecule has 0 bridgehead atoms. The highest BCUT2D eigenvalue weighted by Crippen LogP contribution is 2.51. The van der Waals surface area contributed by atoms with Gasteiger partial charge in [0.05, 0.1) is 11.0 Å². The molecule has 52 heavy (non-hydrogen) atoms. The Balaban J connectivity index is 1.02. The van der Waals surface area contributed by atoms with Crippen LogP contribution in [0.5, 0.6) is 0 Å². The molecule has 0 atom stereocenters. The fourth-order valence-electron chi connectivity index (χ4n) is 9.79. The first-order valence-electron chi connectivity index (χ1n) is 18.3. The van der Waals surface area contributed by atoms with E-state index < -0.39 is 0 Å². The maximum Gasteiger partial charge on any atom is 0.0547 e. The van der Waals surface area contributed by atoms with Crippen molar-refractivity contribution in [1.82, 2.24) is 4.57 Å². The molecule has 0 aliphatic heterocycles. The Morgan fingerprint density at radius 1 is 0.365 bits per heavy atom. The molecular weight excluding hydrogens is 627 g/mol. The van der Waals surface area contributed by atoms with E-state index >= 15 is 0 Å². The quantitative estimate of drug-likeness (QED) is 0.174. The van der Waals surface area contributed by atoms with Crippen LogP contribution in [-0.4, -0.2) is 4.57 Å². The smallest absolute Gasteiger partial charge is 0.0547 e. The molecule has 1 nitrogen and oxygen atoms in total. The number of nitrogens with zero attached hydrogens (tertiary/aromatic N) is 1. The molecular formula is C51H33N. The summed E-state index contributed by atoms with van der Waals surface area (Å²) in [4.78, 5) is 0. The van der Waals surface area contributed by atoms with E-state index in [9.17, 15) is 0 Å². The lowest BCUT2D eigenvalue weighted by Crippen LogP contribution is -2.14. The summed E-state index contributed by atoms with van der Waals surface area (Å²) >= 11 is 0. The summed E-state index contributed by atoms with van der Waals surface area (Å²) in [5, 5.41) is 10.3. The van der Waals surface area contributed by atoms with Crippen LogP contribution in [0.1, 0.15) is 25.0 Å². The van der Waals surface area contributed by atoms with Gasteiger partial charge in [-0.3, -0.25) is 0 Å². The second-order valence-electron chi connectivity index (χ2n) is 15.3. The van der Waals surface area contributed by atoms with Gasteiger partial charge in [-0.2, -0.15) is 0 Å². The molecule has 12 rings (SSSR count). The molecule has 1 aromatic heterocycles. The van der Waals surface area contributed by atoms with E-state index in [4.69, 9.17) is 0 Å². The van der Waals surface area contributed by atoms with E-state index in [0.29, 0.717) is 0 Å². The highest BCUT2D eigenvalue weighted by atomic mass is 15.0. The van der Waals surface area contributed by atoms with Crippen LogP contribution in [0.4, 0.5) is 0 Å². The average Bonchev–Trinajstić information content (AvgIpc) is 3.77. The topological polar surface area (TPSA) is 4.93 Å². The zero-order chi connectivity index (χ0) is 34.3. The van der Waals surface area contributed by atoms with Gasteiger partial charge in [-0.1, -0.05) is 129 Å². The first-order valence-corrected chi connectivity index (χ1v) is 18.3. The Morgan fingerprint density at radius 3 is 1.92 bits per heavy atom. The summed E-state index contributed by atoms with van der Waals surface area (Å²) in [6, 6.07) is 61.7. The summed E-state index contributed by atoms with van der Waals surface area (Å²) < 4.78 is 2.46. The van der Waals surface area contributed by atoms with Crippen LogP contribution in [0.3, 0.4) is 0 Å². The molecule has 2 aliphatic rings. The zero-order valence-corrected chi connectivity index (χ0v) is 29.0. The van der Waals surface area contributed by atoms with Gasteiger partial charge in [0.15, 0.2) is 0 Å². The van der Waals surface area contributed by atoms with E-state index in [-0.39, 0.29) is 5.41 Å². The van der Waals surface area contributed by atoms with E-state index in [1.165, 1.54) is 115 Å². The summed E-state index contributed by atoms with van der Waals surface area (Å²) in [5.74, 6) is 0. The van der Waals surface area contributed by atoms with Gasteiger partial charge in [-0.25, -0.2) is 0 Å². The van der Waals surface area contributed by atoms with Crippen LogP contribution in [0.2, 0.25) is 0 Å². The lowest BCUT2D eigenvalue weighted by molar-refractivity contribution is 0.661. The molecule has 0 amide bonds. The van der Waals surface area contributed by atoms with Crippen molar-refractivity contribution < 1.29 is 0 Å². The molecule has 0 spiro atoms. The van der Waals surface area contributed by atoms with Crippen LogP contribution in [-0.2, 0) is 5.41 Å². The Morgan fingerprint density at radius 2 is 1.04 bits per heavy atom. The number of hydrogen-bond donors (Lipinski definition) is 0. The lowest BCUT2D eigenvalue weighted by Gasteiger charge is -2.21. The largest absolute Gasteiger partial charge is 0.309 e. The Hall–Kier alpha value is -6.44. The molecule has 0 radical (unpaired) electrons. The number of hydrogen-bond acceptors (Lipinski definition) is 0. The maximum atomic E-state index is 2.46. The van der Waals surface area contributed by atoms with Gasteiger partial charge in [0.25, 0.3) is 0 Å². The third-order valence-electron chi connectivity index (χ3n) is 12.3. The molecule has 0 saturated heterocycles. The van der Waals surface area contributed by atoms with Gasteiger partial charge in [0.1, 0.15) is 0 Å². The van der Waals surface area contributed by atoms with Crippen LogP contribution in [0.25, 0.3) is 104 Å². The normalized spacial score (nSPS) is 13.7. The predicted octanol–water partition coefficient (Wildman–Crippen LogP) is 13.9. The summed E-state index contributed by atoms with van der Waals surface area (Å²) in [6.07, 6.45) is 0. The SMILES string of the molecule is CC1(C)c2ccccc2-c2cc3cc4c(cc3cc21)c1ccccc1n4-c1ccc2cc(-c3ccc4c5c(cccc35)-c3ccccc3-4)ccc2c1. The summed E-state index contributed by atoms with van der Waals surface area (Å²) in [5.41, 5.74) is 17.1. The fourth-order valence-corrected chi connectivity index (χ4v) is 9.79. The number of fused-ring (bicyclic) bond motifs is 11. The van der Waals surface area contributed by atoms with Gasteiger partial charge in [-0.05, 0) is 136 Å². The number of para-hydroxylation sites is 1. The summed E-state index contributed by atoms with van der Waals surface area (Å²) in [7, 11) is 0. The van der Waals surface area contributed by atoms with Gasteiger partial charge in [0.2, 0.25) is 0 Å². The van der Waals surface area contributed by atoms with Gasteiger partial charge >= 0.3 is 0 Å². The van der Waals surface area contributed by atoms with Gasteiger partial charge in [-0.15, -0.1) is 0 Å². The maximum absolute atomic E-state index is 2.46. The van der Waals surface area contributed by atoms with Crippen LogP contribution >= 0.6 is 0 Å². The highest BCUT2D eigenvalue weighted by molar-refractivity contribution is 6.19. The Labute approximate surface area is 302 Å². The molecule has 0 unspecified atom stereocenters. The second-order valence-corrected chi connectivity index (χ2v) is 15.3. The van der Waals surface area contributed by atoms with E-state index in [1.807, 2.05) is 0 Å². The molecule has 2 aliphatic carbocycles. The summed E-state index contributed by atoms with van der Waals surface area (Å²) in [6.45, 7) is 4.73. The van der Waals surface area contributed by atoms with Crippen LogP contribution in [0.15, 0.2) is 164 Å². The predicted molar refractivity (Wildman–Crippen MR) is 221 cm³/mol. The molecule has 1 heteroatoms. The van der Waals surface area contributed by atoms with Crippen molar-refractivity contribution in [2.24, 2.45) is 0 Å². The van der Waals surface area contributed by atoms with E-state index in [1.54, 1.807) is 0 Å². The van der Waals surface area contributed by atoms with Crippen molar-refractivity contribution in [3.8, 4) is 50.2 Å². The van der Waals surface area contributed by atoms with E-state index in [0.717, 1.165) is 0 Å². The average molecular weight is 660 g/mol. The lowest BCUT2D eigenvalue weighted by atomic mass is 9.82. The monoisotopic (exact) mass is 659 g/mol. The molecule has 0 fully saturated rings. The van der Waals surface area contributed by atoms with Crippen molar-refractivity contribution in [2.45, 2.75) is 19.3 Å². The highest BCUT2D eigenvalue weighted by Gasteiger charge is 2.35. The minimum absolute atomic E-state index is 0.0197. The van der Waals surface area contributed by atoms with Crippen molar-refractivity contribution in [3.05, 3.63) is 175 Å². The first-order chi connectivity index (χ1) is 25.5.